The number of hydrogen-bond acceptors (Lipinski definition) is 27. The number of unbranched alkanes of at least 4 members (excludes halogenated alkanes) is 3. The van der Waals surface area contributed by atoms with Crippen LogP contribution in [-0.2, 0) is 62.1 Å². The third-order valence-corrected chi connectivity index (χ3v) is 20.6. The van der Waals surface area contributed by atoms with Crippen molar-refractivity contribution in [1.82, 2.24) is 42.5 Å². The number of carbonyl (C=O) groups is 9. The van der Waals surface area contributed by atoms with Crippen molar-refractivity contribution in [3.05, 3.63) is 117 Å². The Kier molecular flexibility index (Phi) is 27.7. The van der Waals surface area contributed by atoms with Gasteiger partial charge >= 0.3 is 11.9 Å². The van der Waals surface area contributed by atoms with Crippen LogP contribution in [-0.4, -0.2) is 221 Å². The summed E-state index contributed by atoms with van der Waals surface area (Å²) in [7, 11) is 1.47. The Morgan fingerprint density at radius 2 is 1.34 bits per heavy atom. The van der Waals surface area contributed by atoms with Gasteiger partial charge in [0, 0.05) is 47.9 Å². The number of benzene rings is 5. The van der Waals surface area contributed by atoms with E-state index in [0.29, 0.717) is 6.42 Å². The Bertz CT molecular complexity index is 4410. The molecule has 0 aliphatic carbocycles. The summed E-state index contributed by atoms with van der Waals surface area (Å²) in [5, 5.41) is 146. The number of phenols is 3. The number of primary amides is 1. The number of amides is 7. The number of carboxylic acid groups (broad SMARTS) is 2. The average Bonchev–Trinajstić information content (AvgIpc) is 0.766. The number of phenolic OH excluding ortho intramolecular Hbond substituents is 3. The van der Waals surface area contributed by atoms with E-state index in [1.165, 1.54) is 26.1 Å². The number of carbonyl (C=O) groups excluding carboxylic acids is 7. The fourth-order valence-electron chi connectivity index (χ4n) is 13.9. The van der Waals surface area contributed by atoms with Crippen LogP contribution in [0.25, 0.3) is 11.1 Å². The first-order chi connectivity index (χ1) is 53.5. The predicted molar refractivity (Wildman–Crippen MR) is 395 cm³/mol. The molecule has 0 radical (unpaired) electrons. The molecular formula is C75H91Cl2N9O27. The number of ether oxygens (including phenoxy) is 7. The number of hydrogen-bond donors (Lipinski definition) is 20. The fourth-order valence-corrected chi connectivity index (χ4v) is 14.4. The molecule has 2 fully saturated rings. The highest BCUT2D eigenvalue weighted by molar-refractivity contribution is 6.32. The van der Waals surface area contributed by atoms with Gasteiger partial charge in [-0.2, -0.15) is 0 Å². The lowest BCUT2D eigenvalue weighted by Gasteiger charge is -2.48. The number of fused-ring (bicyclic) bond motifs is 15. The van der Waals surface area contributed by atoms with Gasteiger partial charge in [-0.3, -0.25) is 33.6 Å². The van der Waals surface area contributed by atoms with Gasteiger partial charge in [0.2, 0.25) is 53.4 Å². The lowest BCUT2D eigenvalue weighted by molar-refractivity contribution is -0.334. The molecule has 113 heavy (non-hydrogen) atoms. The first-order valence-electron chi connectivity index (χ1n) is 36.3. The van der Waals surface area contributed by atoms with Crippen molar-refractivity contribution in [2.24, 2.45) is 11.7 Å². The monoisotopic (exact) mass is 1620 g/mol. The molecule has 21 N–H and O–H groups in total. The molecule has 7 aliphatic heterocycles. The van der Waals surface area contributed by atoms with Crippen LogP contribution in [0.3, 0.4) is 0 Å². The zero-order valence-corrected chi connectivity index (χ0v) is 63.3. The van der Waals surface area contributed by atoms with E-state index in [9.17, 15) is 84.9 Å². The van der Waals surface area contributed by atoms with Crippen molar-refractivity contribution in [1.29, 1.82) is 0 Å². The van der Waals surface area contributed by atoms with Gasteiger partial charge in [0.05, 0.1) is 41.3 Å². The second kappa shape index (κ2) is 36.6. The lowest BCUT2D eigenvalue weighted by atomic mass is 9.84. The fraction of sp³-hybridized carbons (Fsp3) is 0.480. The summed E-state index contributed by atoms with van der Waals surface area (Å²) in [5.41, 5.74) is 1.32. The number of nitrogens with one attached hydrogen (secondary N) is 8. The Morgan fingerprint density at radius 1 is 0.708 bits per heavy atom. The molecule has 5 aromatic rings. The number of halogens is 2. The maximum atomic E-state index is 16.2. The van der Waals surface area contributed by atoms with E-state index in [-0.39, 0.29) is 54.4 Å². The molecule has 0 aromatic heterocycles. The number of nitrogens with two attached hydrogens (primary N) is 1. The summed E-state index contributed by atoms with van der Waals surface area (Å²) in [6.45, 7) is 7.41. The van der Waals surface area contributed by atoms with Crippen molar-refractivity contribution in [2.75, 3.05) is 26.8 Å². The molecule has 7 aliphatic rings. The minimum absolute atomic E-state index is 0.116. The Balaban J connectivity index is 1.20. The molecule has 12 unspecified atom stereocenters. The normalized spacial score (nSPS) is 27.8. The highest BCUT2D eigenvalue weighted by Crippen LogP contribution is 2.50. The molecule has 7 amide bonds. The van der Waals surface area contributed by atoms with Crippen LogP contribution in [0.1, 0.15) is 138 Å². The van der Waals surface area contributed by atoms with Crippen molar-refractivity contribution >= 4 is 76.5 Å². The summed E-state index contributed by atoms with van der Waals surface area (Å²) in [6, 6.07) is -1.03. The molecule has 11 bridgehead atoms. The highest BCUT2D eigenvalue weighted by Gasteiger charge is 2.53. The standard InChI is InChI=1S/C75H91Cl2N9O27/c1-7-8-9-10-17-107-49(72(103)104)28-80-75(5)27-52(108-31(4)65(75)96)112-64-62(95)61(94)50(29-87)111-74(64)113-63-47-22-35-23-48(63)110-46-16-13-34(21-40(46)77)60(93)58-71(102)84-56(73(105)106)38-24-36(88)25-44(90)53(38)37-19-32(11-14-43(37)89)54(68(99)86-58)83-69(100)55(35)82-67(98)42(26-51(78)91)81-70(101)57(85-66(97)41(79-6)18-30(2)3)59(92)33-12-15-45(109-47)39(76)20-33/h11-16,19-25,30-31,41-42,49-50,52,54-62,64-65,74,79-80,87-90,92-96H,7-10,17-18,26-29H2,1-6H3,(H2,78,91)(H,81,101)(H,82,98)(H,83,100)(H,84,102)(H,85,97)(H,86,99)(H,103,104)(H,105,106)/t31?,41-,42+,49?,50?,52?,54?,55-,56-,57?,58+,59-,60-,61?,62?,64?,65?,74?,75?/m1/s1. The molecule has 612 valence electrons. The van der Waals surface area contributed by atoms with Gasteiger partial charge in [0.1, 0.15) is 89.5 Å². The Labute approximate surface area is 655 Å². The summed E-state index contributed by atoms with van der Waals surface area (Å²) >= 11 is 14.2. The molecular weight excluding hydrogens is 1530 g/mol. The van der Waals surface area contributed by atoms with Gasteiger partial charge in [-0.15, -0.1) is 0 Å². The van der Waals surface area contributed by atoms with Crippen molar-refractivity contribution < 1.29 is 132 Å². The van der Waals surface area contributed by atoms with Gasteiger partial charge in [0.25, 0.3) is 0 Å². The van der Waals surface area contributed by atoms with Crippen LogP contribution < -0.4 is 62.5 Å². The van der Waals surface area contributed by atoms with Gasteiger partial charge in [-0.25, -0.2) is 9.59 Å². The lowest BCUT2D eigenvalue weighted by Crippen LogP contribution is -2.66. The van der Waals surface area contributed by atoms with Gasteiger partial charge < -0.3 is 138 Å². The quantitative estimate of drug-likeness (QED) is 0.0414. The van der Waals surface area contributed by atoms with Gasteiger partial charge in [0.15, 0.2) is 36.0 Å². The van der Waals surface area contributed by atoms with E-state index in [2.05, 4.69) is 42.5 Å². The number of carboxylic acids is 2. The smallest absolute Gasteiger partial charge is 0.334 e. The third-order valence-electron chi connectivity index (χ3n) is 20.0. The Hall–Kier alpha value is -9.77. The van der Waals surface area contributed by atoms with Crippen LogP contribution in [0.2, 0.25) is 10.0 Å². The number of aromatic hydroxyl groups is 3. The van der Waals surface area contributed by atoms with Crippen LogP contribution in [0.15, 0.2) is 78.9 Å². The molecule has 38 heteroatoms. The zero-order valence-electron chi connectivity index (χ0n) is 61.8. The number of rotatable bonds is 23. The molecule has 2 saturated heterocycles. The minimum Gasteiger partial charge on any atom is -0.508 e. The van der Waals surface area contributed by atoms with E-state index >= 15 is 14.4 Å². The van der Waals surface area contributed by atoms with Gasteiger partial charge in [-0.1, -0.05) is 81.4 Å². The van der Waals surface area contributed by atoms with Crippen LogP contribution in [0.5, 0.6) is 46.0 Å². The molecule has 36 nitrogen and oxygen atoms in total. The first-order valence-corrected chi connectivity index (χ1v) is 37.0. The van der Waals surface area contributed by atoms with E-state index < -0.39 is 254 Å². The van der Waals surface area contributed by atoms with Crippen LogP contribution in [0.4, 0.5) is 0 Å². The van der Waals surface area contributed by atoms with Crippen LogP contribution in [0, 0.1) is 5.92 Å². The van der Waals surface area contributed by atoms with Crippen molar-refractivity contribution in [3.8, 4) is 57.1 Å². The highest BCUT2D eigenvalue weighted by atomic mass is 35.5. The first kappa shape index (κ1) is 85.7. The number of likely N-dealkylation sites (N-methyl/N-ethyl adjacent to an activating group) is 1. The largest absolute Gasteiger partial charge is 0.508 e. The zero-order chi connectivity index (χ0) is 82.4. The summed E-state index contributed by atoms with van der Waals surface area (Å²) in [6.07, 6.45) is -17.8. The van der Waals surface area contributed by atoms with E-state index in [0.717, 1.165) is 86.0 Å². The molecule has 19 atom stereocenters. The summed E-state index contributed by atoms with van der Waals surface area (Å²) in [5.74, 6) is -17.7. The number of aliphatic hydroxyl groups is 6. The third kappa shape index (κ3) is 19.5. The van der Waals surface area contributed by atoms with E-state index in [4.69, 9.17) is 62.1 Å². The molecule has 5 aromatic carbocycles. The molecule has 0 spiro atoms. The second-order valence-corrected chi connectivity index (χ2v) is 29.6. The van der Waals surface area contributed by atoms with Crippen LogP contribution >= 0.6 is 23.2 Å². The summed E-state index contributed by atoms with van der Waals surface area (Å²) < 4.78 is 44.8. The minimum atomic E-state index is -2.39. The Morgan fingerprint density at radius 3 is 1.94 bits per heavy atom. The van der Waals surface area contributed by atoms with E-state index in [1.54, 1.807) is 6.92 Å². The number of aliphatic hydroxyl groups excluding tert-OH is 6. The topological polar surface area (TPSA) is 563 Å². The molecule has 0 saturated carbocycles. The maximum Gasteiger partial charge on any atom is 0.334 e. The maximum absolute atomic E-state index is 16.2. The summed E-state index contributed by atoms with van der Waals surface area (Å²) in [4.78, 5) is 130. The number of aliphatic carboxylic acids is 2. The second-order valence-electron chi connectivity index (χ2n) is 28.8. The van der Waals surface area contributed by atoms with Gasteiger partial charge in [-0.05, 0) is 117 Å². The SMILES string of the molecule is CCCCCCOC(CNC1(C)CC(OC2C(Oc3c4cc5cc3Oc3ccc(cc3Cl)[C@@H](O)[C@@H]3NC(=O)C(NC(=O)[C@@H]5NC(=O)[C@H](CC(N)=O)NC(=O)C(NC(=O)[C@@H](CC(C)C)NC)[C@H](O)c5ccc(c(Cl)c5)O4)c4ccc(O)c(c4)-c4c(O)cc(O)cc4[C@H](C(=O)O)NC3=O)OC(CO)C(O)C2O)OC(C)C1O)C(=O)O. The molecule has 12 rings (SSSR count). The van der Waals surface area contributed by atoms with Crippen molar-refractivity contribution in [3.63, 3.8) is 0 Å². The van der Waals surface area contributed by atoms with E-state index in [1.807, 2.05) is 20.8 Å². The predicted octanol–water partition coefficient (Wildman–Crippen LogP) is 1.79. The molecule has 7 heterocycles. The van der Waals surface area contributed by atoms with Crippen molar-refractivity contribution in [2.45, 2.75) is 195 Å². The average molecular weight is 1620 g/mol.